The highest BCUT2D eigenvalue weighted by Crippen LogP contribution is 2.25. The van der Waals surface area contributed by atoms with Gasteiger partial charge in [0.2, 0.25) is 5.91 Å². The second-order valence-corrected chi connectivity index (χ2v) is 5.65. The minimum absolute atomic E-state index is 0.0169. The molecule has 0 spiro atoms. The van der Waals surface area contributed by atoms with Crippen LogP contribution in [0.3, 0.4) is 0 Å². The standard InChI is InChI=1S/C14H20Cl2N2O2/c1-9(2)14(20)18-6-5-17-8-13(19)10-3-4-11(15)12(16)7-10/h3-4,7,9,13,17,19H,5-6,8H2,1-2H3,(H,18,20). The molecule has 1 unspecified atom stereocenters. The third-order valence-corrected chi connectivity index (χ3v) is 3.53. The van der Waals surface area contributed by atoms with Crippen molar-refractivity contribution < 1.29 is 9.90 Å². The van der Waals surface area contributed by atoms with Gasteiger partial charge in [0.25, 0.3) is 0 Å². The minimum Gasteiger partial charge on any atom is -0.387 e. The molecule has 4 nitrogen and oxygen atoms in total. The molecule has 112 valence electrons. The molecule has 0 saturated heterocycles. The quantitative estimate of drug-likeness (QED) is 0.676. The summed E-state index contributed by atoms with van der Waals surface area (Å²) < 4.78 is 0. The van der Waals surface area contributed by atoms with E-state index in [4.69, 9.17) is 23.2 Å². The van der Waals surface area contributed by atoms with Crippen molar-refractivity contribution in [1.82, 2.24) is 10.6 Å². The van der Waals surface area contributed by atoms with E-state index in [9.17, 15) is 9.90 Å². The molecule has 0 aliphatic carbocycles. The highest BCUT2D eigenvalue weighted by atomic mass is 35.5. The number of nitrogens with one attached hydrogen (secondary N) is 2. The Morgan fingerprint density at radius 1 is 1.25 bits per heavy atom. The van der Waals surface area contributed by atoms with Gasteiger partial charge in [0.1, 0.15) is 0 Å². The van der Waals surface area contributed by atoms with Crippen molar-refractivity contribution in [2.45, 2.75) is 20.0 Å². The maximum Gasteiger partial charge on any atom is 0.222 e. The van der Waals surface area contributed by atoms with E-state index in [1.807, 2.05) is 13.8 Å². The summed E-state index contributed by atoms with van der Waals surface area (Å²) >= 11 is 11.7. The summed E-state index contributed by atoms with van der Waals surface area (Å²) in [6.07, 6.45) is -0.662. The van der Waals surface area contributed by atoms with Gasteiger partial charge < -0.3 is 15.7 Å². The van der Waals surface area contributed by atoms with Gasteiger partial charge >= 0.3 is 0 Å². The van der Waals surface area contributed by atoms with Crippen LogP contribution in [0.4, 0.5) is 0 Å². The predicted octanol–water partition coefficient (Wildman–Crippen LogP) is 2.39. The largest absolute Gasteiger partial charge is 0.387 e. The lowest BCUT2D eigenvalue weighted by Gasteiger charge is -2.13. The number of benzene rings is 1. The number of carbonyl (C=O) groups is 1. The molecule has 0 aromatic heterocycles. The normalized spacial score (nSPS) is 12.5. The molecule has 0 bridgehead atoms. The zero-order valence-corrected chi connectivity index (χ0v) is 13.1. The fourth-order valence-electron chi connectivity index (χ4n) is 1.55. The second-order valence-electron chi connectivity index (χ2n) is 4.84. The van der Waals surface area contributed by atoms with Crippen LogP contribution in [0, 0.1) is 5.92 Å². The molecular formula is C14H20Cl2N2O2. The van der Waals surface area contributed by atoms with E-state index in [2.05, 4.69) is 10.6 Å². The van der Waals surface area contributed by atoms with Crippen molar-refractivity contribution in [2.75, 3.05) is 19.6 Å². The molecular weight excluding hydrogens is 299 g/mol. The molecule has 0 aliphatic heterocycles. The van der Waals surface area contributed by atoms with E-state index < -0.39 is 6.10 Å². The molecule has 1 atom stereocenters. The molecule has 1 rings (SSSR count). The van der Waals surface area contributed by atoms with Crippen LogP contribution >= 0.6 is 23.2 Å². The molecule has 6 heteroatoms. The average molecular weight is 319 g/mol. The van der Waals surface area contributed by atoms with Crippen molar-refractivity contribution >= 4 is 29.1 Å². The summed E-state index contributed by atoms with van der Waals surface area (Å²) in [6, 6.07) is 5.04. The number of aliphatic hydroxyl groups excluding tert-OH is 1. The highest BCUT2D eigenvalue weighted by Gasteiger charge is 2.09. The zero-order chi connectivity index (χ0) is 15.1. The molecule has 0 radical (unpaired) electrons. The third-order valence-electron chi connectivity index (χ3n) is 2.79. The summed E-state index contributed by atoms with van der Waals surface area (Å²) in [5.41, 5.74) is 0.707. The van der Waals surface area contributed by atoms with Crippen LogP contribution in [0.25, 0.3) is 0 Å². The van der Waals surface area contributed by atoms with Gasteiger partial charge in [0, 0.05) is 25.6 Å². The fraction of sp³-hybridized carbons (Fsp3) is 0.500. The number of hydrogen-bond donors (Lipinski definition) is 3. The molecule has 20 heavy (non-hydrogen) atoms. The first-order chi connectivity index (χ1) is 9.41. The SMILES string of the molecule is CC(C)C(=O)NCCNCC(O)c1ccc(Cl)c(Cl)c1. The maximum absolute atomic E-state index is 11.3. The van der Waals surface area contributed by atoms with Gasteiger partial charge in [-0.15, -0.1) is 0 Å². The lowest BCUT2D eigenvalue weighted by atomic mass is 10.1. The van der Waals surface area contributed by atoms with Gasteiger partial charge in [0.05, 0.1) is 16.1 Å². The van der Waals surface area contributed by atoms with Crippen LogP contribution in [-0.4, -0.2) is 30.6 Å². The van der Waals surface area contributed by atoms with Gasteiger partial charge in [0.15, 0.2) is 0 Å². The molecule has 0 aliphatic rings. The second kappa shape index (κ2) is 8.47. The Morgan fingerprint density at radius 3 is 2.55 bits per heavy atom. The molecule has 1 aromatic rings. The number of carbonyl (C=O) groups excluding carboxylic acids is 1. The summed E-state index contributed by atoms with van der Waals surface area (Å²) in [4.78, 5) is 11.3. The van der Waals surface area contributed by atoms with Crippen molar-refractivity contribution in [1.29, 1.82) is 0 Å². The fourth-order valence-corrected chi connectivity index (χ4v) is 1.86. The van der Waals surface area contributed by atoms with Crippen molar-refractivity contribution in [2.24, 2.45) is 5.92 Å². The maximum atomic E-state index is 11.3. The average Bonchev–Trinajstić information content (AvgIpc) is 2.40. The lowest BCUT2D eigenvalue weighted by molar-refractivity contribution is -0.123. The van der Waals surface area contributed by atoms with E-state index in [0.717, 1.165) is 0 Å². The molecule has 3 N–H and O–H groups in total. The summed E-state index contributed by atoms with van der Waals surface area (Å²) in [5, 5.41) is 16.7. The smallest absolute Gasteiger partial charge is 0.222 e. The summed E-state index contributed by atoms with van der Waals surface area (Å²) in [6.45, 7) is 5.20. The zero-order valence-electron chi connectivity index (χ0n) is 11.6. The third kappa shape index (κ3) is 5.67. The van der Waals surface area contributed by atoms with E-state index in [1.165, 1.54) is 0 Å². The van der Waals surface area contributed by atoms with Crippen LogP contribution in [0.15, 0.2) is 18.2 Å². The first-order valence-corrected chi connectivity index (χ1v) is 7.29. The Hall–Kier alpha value is -0.810. The van der Waals surface area contributed by atoms with E-state index >= 15 is 0 Å². The van der Waals surface area contributed by atoms with Gasteiger partial charge in [-0.3, -0.25) is 4.79 Å². The molecule has 0 heterocycles. The van der Waals surface area contributed by atoms with Crippen LogP contribution in [0.5, 0.6) is 0 Å². The Morgan fingerprint density at radius 2 is 1.95 bits per heavy atom. The van der Waals surface area contributed by atoms with Crippen LogP contribution < -0.4 is 10.6 Å². The molecule has 1 amide bonds. The van der Waals surface area contributed by atoms with Gasteiger partial charge in [-0.1, -0.05) is 43.1 Å². The highest BCUT2D eigenvalue weighted by molar-refractivity contribution is 6.42. The van der Waals surface area contributed by atoms with Gasteiger partial charge in [-0.05, 0) is 17.7 Å². The number of amides is 1. The Balaban J connectivity index is 2.28. The van der Waals surface area contributed by atoms with E-state index in [1.54, 1.807) is 18.2 Å². The van der Waals surface area contributed by atoms with Crippen LogP contribution in [0.2, 0.25) is 10.0 Å². The Kier molecular flexibility index (Phi) is 7.30. The summed E-state index contributed by atoms with van der Waals surface area (Å²) in [7, 11) is 0. The van der Waals surface area contributed by atoms with Crippen LogP contribution in [0.1, 0.15) is 25.5 Å². The van der Waals surface area contributed by atoms with Crippen molar-refractivity contribution in [3.63, 3.8) is 0 Å². The van der Waals surface area contributed by atoms with E-state index in [0.29, 0.717) is 35.2 Å². The van der Waals surface area contributed by atoms with E-state index in [-0.39, 0.29) is 11.8 Å². The first kappa shape index (κ1) is 17.2. The Bertz CT molecular complexity index is 453. The number of halogens is 2. The lowest BCUT2D eigenvalue weighted by Crippen LogP contribution is -2.35. The first-order valence-electron chi connectivity index (χ1n) is 6.53. The Labute approximate surface area is 129 Å². The van der Waals surface area contributed by atoms with Gasteiger partial charge in [-0.2, -0.15) is 0 Å². The minimum atomic E-state index is -0.662. The molecule has 1 aromatic carbocycles. The van der Waals surface area contributed by atoms with Crippen molar-refractivity contribution in [3.8, 4) is 0 Å². The molecule has 0 fully saturated rings. The summed E-state index contributed by atoms with van der Waals surface area (Å²) in [5.74, 6) is 0.00799. The predicted molar refractivity (Wildman–Crippen MR) is 82.1 cm³/mol. The number of aliphatic hydroxyl groups is 1. The monoisotopic (exact) mass is 318 g/mol. The number of rotatable bonds is 7. The molecule has 0 saturated carbocycles. The number of hydrogen-bond acceptors (Lipinski definition) is 3. The van der Waals surface area contributed by atoms with Crippen molar-refractivity contribution in [3.05, 3.63) is 33.8 Å². The van der Waals surface area contributed by atoms with Gasteiger partial charge in [-0.25, -0.2) is 0 Å². The topological polar surface area (TPSA) is 61.4 Å². The van der Waals surface area contributed by atoms with Crippen LogP contribution in [-0.2, 0) is 4.79 Å².